The van der Waals surface area contributed by atoms with Crippen LogP contribution in [0, 0.1) is 6.92 Å². The highest BCUT2D eigenvalue weighted by atomic mass is 32.2. The Labute approximate surface area is 116 Å². The van der Waals surface area contributed by atoms with Crippen LogP contribution in [0.4, 0.5) is 5.13 Å². The van der Waals surface area contributed by atoms with Gasteiger partial charge in [-0.25, -0.2) is 13.4 Å². The summed E-state index contributed by atoms with van der Waals surface area (Å²) in [5.41, 5.74) is 7.17. The Hall–Kier alpha value is -1.38. The highest BCUT2D eigenvalue weighted by molar-refractivity contribution is 7.93. The predicted octanol–water partition coefficient (Wildman–Crippen LogP) is 1.53. The molecule has 0 aliphatic carbocycles. The fourth-order valence-electron chi connectivity index (χ4n) is 1.71. The van der Waals surface area contributed by atoms with Crippen molar-refractivity contribution in [3.05, 3.63) is 29.0 Å². The van der Waals surface area contributed by atoms with Gasteiger partial charge in [-0.3, -0.25) is 4.72 Å². The van der Waals surface area contributed by atoms with Crippen LogP contribution in [0.1, 0.15) is 18.3 Å². The first-order valence-electron chi connectivity index (χ1n) is 5.80. The van der Waals surface area contributed by atoms with Gasteiger partial charge in [0.05, 0.1) is 5.69 Å². The molecule has 6 nitrogen and oxygen atoms in total. The largest absolute Gasteiger partial charge is 0.349 e. The number of hydrogen-bond acceptors (Lipinski definition) is 5. The molecular weight excluding hydrogens is 284 g/mol. The van der Waals surface area contributed by atoms with E-state index in [2.05, 4.69) is 9.71 Å². The molecule has 0 bridgehead atoms. The van der Waals surface area contributed by atoms with E-state index in [1.54, 1.807) is 17.6 Å². The molecule has 0 atom stereocenters. The molecule has 0 fully saturated rings. The summed E-state index contributed by atoms with van der Waals surface area (Å²) in [5.74, 6) is 0. The minimum absolute atomic E-state index is 0.211. The molecule has 3 N–H and O–H groups in total. The van der Waals surface area contributed by atoms with Gasteiger partial charge in [0.25, 0.3) is 10.0 Å². The van der Waals surface area contributed by atoms with E-state index in [-0.39, 0.29) is 4.90 Å². The molecule has 0 unspecified atom stereocenters. The molecule has 2 heterocycles. The maximum absolute atomic E-state index is 12.2. The summed E-state index contributed by atoms with van der Waals surface area (Å²) in [5, 5.41) is 2.16. The topological polar surface area (TPSA) is 90.0 Å². The molecule has 8 heteroatoms. The molecule has 0 aliphatic rings. The van der Waals surface area contributed by atoms with Crippen LogP contribution in [0.5, 0.6) is 0 Å². The van der Waals surface area contributed by atoms with Gasteiger partial charge < -0.3 is 10.3 Å². The number of aromatic nitrogens is 2. The van der Waals surface area contributed by atoms with E-state index in [0.29, 0.717) is 18.2 Å². The Morgan fingerprint density at radius 1 is 1.53 bits per heavy atom. The van der Waals surface area contributed by atoms with Crippen LogP contribution >= 0.6 is 11.3 Å². The van der Waals surface area contributed by atoms with E-state index in [4.69, 9.17) is 5.73 Å². The van der Waals surface area contributed by atoms with E-state index in [1.165, 1.54) is 11.3 Å². The normalized spacial score (nSPS) is 11.7. The highest BCUT2D eigenvalue weighted by Crippen LogP contribution is 2.21. The van der Waals surface area contributed by atoms with Crippen LogP contribution in [-0.4, -0.2) is 18.0 Å². The standard InChI is InChI=1S/C11H16N4O2S2/c1-3-15-6-10(4-9(15)5-12)19(16,17)14-11-13-8(2)7-18-11/h4,6-7H,3,5,12H2,1-2H3,(H,13,14). The van der Waals surface area contributed by atoms with Crippen molar-refractivity contribution in [3.8, 4) is 0 Å². The van der Waals surface area contributed by atoms with Gasteiger partial charge in [-0.15, -0.1) is 11.3 Å². The van der Waals surface area contributed by atoms with Crippen molar-refractivity contribution in [1.82, 2.24) is 9.55 Å². The molecular formula is C11H16N4O2S2. The van der Waals surface area contributed by atoms with Gasteiger partial charge in [0, 0.05) is 30.4 Å². The molecule has 0 saturated heterocycles. The van der Waals surface area contributed by atoms with E-state index in [9.17, 15) is 8.42 Å². The van der Waals surface area contributed by atoms with Gasteiger partial charge >= 0.3 is 0 Å². The number of hydrogen-bond donors (Lipinski definition) is 2. The van der Waals surface area contributed by atoms with Crippen molar-refractivity contribution < 1.29 is 8.42 Å². The zero-order valence-electron chi connectivity index (χ0n) is 10.8. The monoisotopic (exact) mass is 300 g/mol. The van der Waals surface area contributed by atoms with Crippen molar-refractivity contribution >= 4 is 26.5 Å². The number of nitrogens with two attached hydrogens (primary N) is 1. The number of nitrogens with zero attached hydrogens (tertiary/aromatic N) is 2. The lowest BCUT2D eigenvalue weighted by Gasteiger charge is -2.02. The Bertz CT molecular complexity index is 651. The second kappa shape index (κ2) is 5.32. The quantitative estimate of drug-likeness (QED) is 0.876. The van der Waals surface area contributed by atoms with Crippen LogP contribution in [0.2, 0.25) is 0 Å². The third-order valence-corrected chi connectivity index (χ3v) is 4.97. The van der Waals surface area contributed by atoms with Crippen LogP contribution in [0.15, 0.2) is 22.5 Å². The number of nitrogens with one attached hydrogen (secondary N) is 1. The average Bonchev–Trinajstić information content (AvgIpc) is 2.94. The van der Waals surface area contributed by atoms with Gasteiger partial charge in [-0.05, 0) is 19.9 Å². The molecule has 0 spiro atoms. The molecule has 104 valence electrons. The van der Waals surface area contributed by atoms with Gasteiger partial charge in [-0.2, -0.15) is 0 Å². The van der Waals surface area contributed by atoms with Crippen LogP contribution in [0.3, 0.4) is 0 Å². The fourth-order valence-corrected chi connectivity index (χ4v) is 3.72. The van der Waals surface area contributed by atoms with Crippen LogP contribution in [-0.2, 0) is 23.1 Å². The van der Waals surface area contributed by atoms with E-state index >= 15 is 0 Å². The zero-order chi connectivity index (χ0) is 14.0. The lowest BCUT2D eigenvalue weighted by molar-refractivity contribution is 0.600. The van der Waals surface area contributed by atoms with E-state index in [1.807, 2.05) is 18.4 Å². The zero-order valence-corrected chi connectivity index (χ0v) is 12.4. The van der Waals surface area contributed by atoms with Crippen molar-refractivity contribution in [3.63, 3.8) is 0 Å². The molecule has 2 rings (SSSR count). The molecule has 0 saturated carbocycles. The Morgan fingerprint density at radius 3 is 2.74 bits per heavy atom. The van der Waals surface area contributed by atoms with Gasteiger partial charge in [0.1, 0.15) is 4.90 Å². The average molecular weight is 300 g/mol. The number of rotatable bonds is 5. The minimum Gasteiger partial charge on any atom is -0.349 e. The third-order valence-electron chi connectivity index (χ3n) is 2.66. The second-order valence-electron chi connectivity index (χ2n) is 4.06. The summed E-state index contributed by atoms with van der Waals surface area (Å²) >= 11 is 1.26. The smallest absolute Gasteiger partial charge is 0.265 e. The van der Waals surface area contributed by atoms with Crippen LogP contribution < -0.4 is 10.5 Å². The molecule has 0 amide bonds. The summed E-state index contributed by atoms with van der Waals surface area (Å²) in [7, 11) is -3.60. The summed E-state index contributed by atoms with van der Waals surface area (Å²) < 4.78 is 28.7. The lowest BCUT2D eigenvalue weighted by atomic mass is 10.4. The Balaban J connectivity index is 2.31. The first-order chi connectivity index (χ1) is 8.96. The van der Waals surface area contributed by atoms with Crippen molar-refractivity contribution in [2.45, 2.75) is 31.8 Å². The number of sulfonamides is 1. The van der Waals surface area contributed by atoms with Gasteiger partial charge in [0.15, 0.2) is 5.13 Å². The van der Waals surface area contributed by atoms with Crippen molar-refractivity contribution in [2.75, 3.05) is 4.72 Å². The second-order valence-corrected chi connectivity index (χ2v) is 6.60. The predicted molar refractivity (Wildman–Crippen MR) is 75.7 cm³/mol. The highest BCUT2D eigenvalue weighted by Gasteiger charge is 2.19. The first kappa shape index (κ1) is 14.0. The fraction of sp³-hybridized carbons (Fsp3) is 0.364. The van der Waals surface area contributed by atoms with Gasteiger partial charge in [-0.1, -0.05) is 0 Å². The molecule has 2 aromatic heterocycles. The molecule has 0 radical (unpaired) electrons. The Kier molecular flexibility index (Phi) is 3.93. The van der Waals surface area contributed by atoms with Crippen molar-refractivity contribution in [1.29, 1.82) is 0 Å². The van der Waals surface area contributed by atoms with E-state index in [0.717, 1.165) is 11.4 Å². The van der Waals surface area contributed by atoms with Gasteiger partial charge in [0.2, 0.25) is 0 Å². The maximum atomic E-state index is 12.2. The summed E-state index contributed by atoms with van der Waals surface area (Å²) in [6, 6.07) is 1.59. The summed E-state index contributed by atoms with van der Waals surface area (Å²) in [6.07, 6.45) is 1.59. The maximum Gasteiger partial charge on any atom is 0.265 e. The lowest BCUT2D eigenvalue weighted by Crippen LogP contribution is -2.12. The Morgan fingerprint density at radius 2 is 2.26 bits per heavy atom. The van der Waals surface area contributed by atoms with Crippen LogP contribution in [0.25, 0.3) is 0 Å². The number of anilines is 1. The molecule has 0 aliphatic heterocycles. The first-order valence-corrected chi connectivity index (χ1v) is 8.16. The molecule has 0 aromatic carbocycles. The number of thiazole rings is 1. The number of aryl methyl sites for hydroxylation is 2. The molecule has 19 heavy (non-hydrogen) atoms. The SMILES string of the molecule is CCn1cc(S(=O)(=O)Nc2nc(C)cs2)cc1CN. The van der Waals surface area contributed by atoms with E-state index < -0.39 is 10.0 Å². The minimum atomic E-state index is -3.60. The van der Waals surface area contributed by atoms with Crippen molar-refractivity contribution in [2.24, 2.45) is 5.73 Å². The summed E-state index contributed by atoms with van der Waals surface area (Å²) in [4.78, 5) is 4.30. The third kappa shape index (κ3) is 2.96. The molecule has 2 aromatic rings. The summed E-state index contributed by atoms with van der Waals surface area (Å²) in [6.45, 7) is 4.74.